The van der Waals surface area contributed by atoms with Crippen molar-refractivity contribution in [3.05, 3.63) is 68.4 Å². The topological polar surface area (TPSA) is 75.7 Å². The molecule has 1 amide bonds. The van der Waals surface area contributed by atoms with Gasteiger partial charge in [0.15, 0.2) is 11.2 Å². The van der Waals surface area contributed by atoms with E-state index >= 15 is 0 Å². The van der Waals surface area contributed by atoms with Crippen molar-refractivity contribution in [1.82, 2.24) is 10.2 Å². The molecule has 3 aromatic rings. The van der Waals surface area contributed by atoms with Crippen LogP contribution in [0.3, 0.4) is 0 Å². The summed E-state index contributed by atoms with van der Waals surface area (Å²) in [6.45, 7) is 4.24. The number of halogens is 2. The number of carbonyl (C=O) groups is 1. The number of likely N-dealkylation sites (tertiary alicyclic amines) is 1. The maximum absolute atomic E-state index is 12.7. The maximum atomic E-state index is 12.7. The van der Waals surface area contributed by atoms with Gasteiger partial charge in [0.1, 0.15) is 17.1 Å². The lowest BCUT2D eigenvalue weighted by molar-refractivity contribution is 0.0887. The standard InChI is InChI=1S/C22H23BrN2O4.ClH/c1-14-5-8-19(28-14)17(25-9-3-2-4-10-25)13-24-22(27)21-12-18(26)16-7-6-15(23)11-20(16)29-21;/h5-8,11-12,17H,2-4,9-10,13H2,1H3,(H,24,27);1H. The molecule has 1 aliphatic rings. The predicted molar refractivity (Wildman–Crippen MR) is 121 cm³/mol. The van der Waals surface area contributed by atoms with Gasteiger partial charge in [0.25, 0.3) is 5.91 Å². The average Bonchev–Trinajstić information content (AvgIpc) is 3.14. The number of nitrogens with zero attached hydrogens (tertiary/aromatic N) is 1. The number of nitrogens with one attached hydrogen (secondary N) is 1. The molecular formula is C22H24BrClN2O4. The Morgan fingerprint density at radius 3 is 2.60 bits per heavy atom. The fourth-order valence-electron chi connectivity index (χ4n) is 3.79. The number of piperidine rings is 1. The second-order valence-electron chi connectivity index (χ2n) is 7.39. The van der Waals surface area contributed by atoms with Crippen LogP contribution in [0, 0.1) is 6.92 Å². The third-order valence-electron chi connectivity index (χ3n) is 5.29. The second-order valence-corrected chi connectivity index (χ2v) is 8.30. The fourth-order valence-corrected chi connectivity index (χ4v) is 4.13. The molecule has 3 heterocycles. The van der Waals surface area contributed by atoms with Gasteiger partial charge in [0.2, 0.25) is 0 Å². The molecule has 160 valence electrons. The molecule has 2 aromatic heterocycles. The molecule has 0 radical (unpaired) electrons. The molecule has 1 N–H and O–H groups in total. The van der Waals surface area contributed by atoms with Crippen molar-refractivity contribution in [3.8, 4) is 0 Å². The molecule has 4 rings (SSSR count). The zero-order chi connectivity index (χ0) is 20.4. The SMILES string of the molecule is Cc1ccc(C(CNC(=O)c2cc(=O)c3ccc(Br)cc3o2)N2CCCCC2)o1.Cl. The largest absolute Gasteiger partial charge is 0.465 e. The number of rotatable bonds is 5. The van der Waals surface area contributed by atoms with E-state index in [-0.39, 0.29) is 29.6 Å². The summed E-state index contributed by atoms with van der Waals surface area (Å²) in [5.74, 6) is 1.29. The Kier molecular flexibility index (Phi) is 7.39. The summed E-state index contributed by atoms with van der Waals surface area (Å²) in [5.41, 5.74) is 0.143. The molecule has 1 aromatic carbocycles. The lowest BCUT2D eigenvalue weighted by Crippen LogP contribution is -2.40. The Morgan fingerprint density at radius 1 is 1.13 bits per heavy atom. The second kappa shape index (κ2) is 9.81. The molecule has 6 nitrogen and oxygen atoms in total. The molecule has 0 spiro atoms. The molecule has 0 saturated carbocycles. The number of fused-ring (bicyclic) bond motifs is 1. The summed E-state index contributed by atoms with van der Waals surface area (Å²) in [6.07, 6.45) is 3.50. The first-order valence-corrected chi connectivity index (χ1v) is 10.6. The summed E-state index contributed by atoms with van der Waals surface area (Å²) in [5, 5.41) is 3.37. The van der Waals surface area contributed by atoms with Crippen molar-refractivity contribution in [2.75, 3.05) is 19.6 Å². The molecule has 30 heavy (non-hydrogen) atoms. The zero-order valence-corrected chi connectivity index (χ0v) is 19.1. The third kappa shape index (κ3) is 4.96. The first-order valence-electron chi connectivity index (χ1n) is 9.83. The van der Waals surface area contributed by atoms with Gasteiger partial charge in [-0.2, -0.15) is 0 Å². The Morgan fingerprint density at radius 2 is 1.90 bits per heavy atom. The maximum Gasteiger partial charge on any atom is 0.287 e. The third-order valence-corrected chi connectivity index (χ3v) is 5.79. The highest BCUT2D eigenvalue weighted by Crippen LogP contribution is 2.26. The molecule has 8 heteroatoms. The highest BCUT2D eigenvalue weighted by Gasteiger charge is 2.26. The van der Waals surface area contributed by atoms with Gasteiger partial charge < -0.3 is 14.2 Å². The van der Waals surface area contributed by atoms with E-state index in [2.05, 4.69) is 26.1 Å². The van der Waals surface area contributed by atoms with Crippen LogP contribution in [0.2, 0.25) is 0 Å². The number of aryl methyl sites for hydroxylation is 1. The van der Waals surface area contributed by atoms with Crippen LogP contribution in [0.15, 0.2) is 54.5 Å². The van der Waals surface area contributed by atoms with Crippen LogP contribution in [-0.4, -0.2) is 30.4 Å². The van der Waals surface area contributed by atoms with Crippen molar-refractivity contribution in [2.24, 2.45) is 0 Å². The van der Waals surface area contributed by atoms with E-state index in [0.717, 1.165) is 41.9 Å². The number of benzene rings is 1. The predicted octanol–water partition coefficient (Wildman–Crippen LogP) is 4.84. The van der Waals surface area contributed by atoms with Crippen LogP contribution in [0.1, 0.15) is 47.4 Å². The van der Waals surface area contributed by atoms with Gasteiger partial charge >= 0.3 is 0 Å². The van der Waals surface area contributed by atoms with Crippen molar-refractivity contribution in [2.45, 2.75) is 32.2 Å². The van der Waals surface area contributed by atoms with Gasteiger partial charge in [0, 0.05) is 17.1 Å². The minimum atomic E-state index is -0.408. The molecule has 1 atom stereocenters. The number of amides is 1. The normalized spacial score (nSPS) is 15.5. The van der Waals surface area contributed by atoms with Crippen molar-refractivity contribution in [3.63, 3.8) is 0 Å². The van der Waals surface area contributed by atoms with Gasteiger partial charge in [-0.3, -0.25) is 14.5 Å². The average molecular weight is 496 g/mol. The molecule has 1 unspecified atom stereocenters. The van der Waals surface area contributed by atoms with Crippen LogP contribution in [-0.2, 0) is 0 Å². The molecule has 1 saturated heterocycles. The zero-order valence-electron chi connectivity index (χ0n) is 16.7. The van der Waals surface area contributed by atoms with Gasteiger partial charge in [-0.05, 0) is 63.2 Å². The van der Waals surface area contributed by atoms with E-state index in [1.54, 1.807) is 18.2 Å². The summed E-state index contributed by atoms with van der Waals surface area (Å²) in [7, 11) is 0. The van der Waals surface area contributed by atoms with Crippen molar-refractivity contribution in [1.29, 1.82) is 0 Å². The van der Waals surface area contributed by atoms with Crippen LogP contribution in [0.5, 0.6) is 0 Å². The van der Waals surface area contributed by atoms with Gasteiger partial charge in [-0.1, -0.05) is 22.4 Å². The van der Waals surface area contributed by atoms with Crippen molar-refractivity contribution >= 4 is 45.2 Å². The summed E-state index contributed by atoms with van der Waals surface area (Å²) in [4.78, 5) is 27.4. The van der Waals surface area contributed by atoms with Crippen LogP contribution in [0.25, 0.3) is 11.0 Å². The highest BCUT2D eigenvalue weighted by atomic mass is 79.9. The van der Waals surface area contributed by atoms with Crippen LogP contribution in [0.4, 0.5) is 0 Å². The van der Waals surface area contributed by atoms with Gasteiger partial charge in [-0.25, -0.2) is 0 Å². The lowest BCUT2D eigenvalue weighted by Gasteiger charge is -2.33. The minimum absolute atomic E-state index is 0. The van der Waals surface area contributed by atoms with Gasteiger partial charge in [0.05, 0.1) is 11.4 Å². The summed E-state index contributed by atoms with van der Waals surface area (Å²) in [6, 6.07) is 10.2. The van der Waals surface area contributed by atoms with Crippen LogP contribution >= 0.6 is 28.3 Å². The number of hydrogen-bond acceptors (Lipinski definition) is 5. The Balaban J connectivity index is 0.00000256. The number of furan rings is 1. The Bertz CT molecular complexity index is 1090. The summed E-state index contributed by atoms with van der Waals surface area (Å²) < 4.78 is 12.3. The molecular weight excluding hydrogens is 472 g/mol. The molecule has 0 bridgehead atoms. The fraction of sp³-hybridized carbons (Fsp3) is 0.364. The van der Waals surface area contributed by atoms with Crippen LogP contribution < -0.4 is 10.7 Å². The quantitative estimate of drug-likeness (QED) is 0.548. The highest BCUT2D eigenvalue weighted by molar-refractivity contribution is 9.10. The lowest BCUT2D eigenvalue weighted by atomic mass is 10.1. The van der Waals surface area contributed by atoms with E-state index in [1.807, 2.05) is 19.1 Å². The Labute approximate surface area is 189 Å². The molecule has 0 aliphatic carbocycles. The smallest absolute Gasteiger partial charge is 0.287 e. The van der Waals surface area contributed by atoms with Gasteiger partial charge in [-0.15, -0.1) is 12.4 Å². The molecule has 1 aliphatic heterocycles. The monoisotopic (exact) mass is 494 g/mol. The molecule has 1 fully saturated rings. The Hall–Kier alpha value is -2.09. The van der Waals surface area contributed by atoms with E-state index in [0.29, 0.717) is 17.5 Å². The van der Waals surface area contributed by atoms with E-state index in [4.69, 9.17) is 8.83 Å². The number of carbonyl (C=O) groups excluding carboxylic acids is 1. The number of hydrogen-bond donors (Lipinski definition) is 1. The van der Waals surface area contributed by atoms with E-state index < -0.39 is 5.91 Å². The first kappa shape index (κ1) is 22.6. The van der Waals surface area contributed by atoms with Crippen molar-refractivity contribution < 1.29 is 13.6 Å². The minimum Gasteiger partial charge on any atom is -0.465 e. The van der Waals surface area contributed by atoms with E-state index in [9.17, 15) is 9.59 Å². The first-order chi connectivity index (χ1) is 14.0. The summed E-state index contributed by atoms with van der Waals surface area (Å²) >= 11 is 3.36. The van der Waals surface area contributed by atoms with E-state index in [1.165, 1.54) is 12.5 Å².